The average Bonchev–Trinajstić information content (AvgIpc) is 1.87. The second-order valence-electron chi connectivity index (χ2n) is 3.79. The van der Waals surface area contributed by atoms with Gasteiger partial charge in [0.25, 0.3) is 0 Å². The fraction of sp³-hybridized carbons (Fsp3) is 0.800. The van der Waals surface area contributed by atoms with Crippen LogP contribution in [0.1, 0.15) is 34.6 Å². The van der Waals surface area contributed by atoms with Crippen LogP contribution in [0.3, 0.4) is 0 Å². The number of nitrogens with zero attached hydrogens (tertiary/aromatic N) is 1. The molecule has 0 rings (SSSR count). The highest BCUT2D eigenvalue weighted by atomic mass is 15.1. The molecule has 0 aromatic carbocycles. The zero-order valence-electron chi connectivity index (χ0n) is 8.68. The van der Waals surface area contributed by atoms with Gasteiger partial charge in [-0.25, -0.2) is 0 Å². The number of hydrogen-bond acceptors (Lipinski definition) is 1. The van der Waals surface area contributed by atoms with E-state index in [9.17, 15) is 0 Å². The Labute approximate surface area is 71.1 Å². The van der Waals surface area contributed by atoms with E-state index in [4.69, 9.17) is 0 Å². The van der Waals surface area contributed by atoms with Gasteiger partial charge in [-0.2, -0.15) is 0 Å². The van der Waals surface area contributed by atoms with E-state index in [-0.39, 0.29) is 0 Å². The van der Waals surface area contributed by atoms with E-state index in [1.165, 1.54) is 5.57 Å². The molecule has 0 saturated heterocycles. The summed E-state index contributed by atoms with van der Waals surface area (Å²) in [4.78, 5) is 2.25. The molecule has 0 aliphatic carbocycles. The van der Waals surface area contributed by atoms with Crippen LogP contribution in [0.5, 0.6) is 0 Å². The molecule has 0 aliphatic rings. The minimum atomic E-state index is 0.601. The highest BCUT2D eigenvalue weighted by Gasteiger charge is 2.00. The molecule has 11 heavy (non-hydrogen) atoms. The normalized spacial score (nSPS) is 12.9. The van der Waals surface area contributed by atoms with Crippen molar-refractivity contribution in [2.45, 2.75) is 40.7 Å². The van der Waals surface area contributed by atoms with Gasteiger partial charge in [0.1, 0.15) is 0 Å². The summed E-state index contributed by atoms with van der Waals surface area (Å²) in [5.74, 6) is 0.663. The van der Waals surface area contributed by atoms with Crippen molar-refractivity contribution in [2.75, 3.05) is 7.05 Å². The molecule has 0 aromatic rings. The molecule has 66 valence electrons. The molecule has 0 amide bonds. The van der Waals surface area contributed by atoms with Gasteiger partial charge in [-0.05, 0) is 32.9 Å². The summed E-state index contributed by atoms with van der Waals surface area (Å²) >= 11 is 0. The molecule has 0 aliphatic heterocycles. The van der Waals surface area contributed by atoms with Crippen LogP contribution in [0, 0.1) is 5.92 Å². The van der Waals surface area contributed by atoms with Gasteiger partial charge >= 0.3 is 0 Å². The van der Waals surface area contributed by atoms with Crippen LogP contribution in [0.4, 0.5) is 0 Å². The Morgan fingerprint density at radius 2 is 1.64 bits per heavy atom. The Hall–Kier alpha value is -0.460. The summed E-state index contributed by atoms with van der Waals surface area (Å²) in [5, 5.41) is 0. The highest BCUT2D eigenvalue weighted by molar-refractivity contribution is 5.00. The van der Waals surface area contributed by atoms with E-state index >= 15 is 0 Å². The van der Waals surface area contributed by atoms with Gasteiger partial charge < -0.3 is 4.90 Å². The topological polar surface area (TPSA) is 3.24 Å². The molecule has 0 fully saturated rings. The summed E-state index contributed by atoms with van der Waals surface area (Å²) in [6.45, 7) is 11.0. The zero-order chi connectivity index (χ0) is 9.02. The van der Waals surface area contributed by atoms with Gasteiger partial charge in [-0.3, -0.25) is 0 Å². The van der Waals surface area contributed by atoms with E-state index in [0.717, 1.165) is 0 Å². The monoisotopic (exact) mass is 155 g/mol. The predicted octanol–water partition coefficient (Wildman–Crippen LogP) is 2.89. The molecule has 0 bridgehead atoms. The van der Waals surface area contributed by atoms with E-state index in [1.807, 2.05) is 0 Å². The summed E-state index contributed by atoms with van der Waals surface area (Å²) in [6, 6.07) is 0.601. The maximum Gasteiger partial charge on any atom is 0.0224 e. The Bertz CT molecular complexity index is 134. The van der Waals surface area contributed by atoms with Crippen LogP contribution in [-0.4, -0.2) is 18.0 Å². The molecule has 0 aromatic heterocycles. The Morgan fingerprint density at radius 1 is 1.18 bits per heavy atom. The van der Waals surface area contributed by atoms with Crippen molar-refractivity contribution in [2.24, 2.45) is 5.92 Å². The molecule has 0 atom stereocenters. The predicted molar refractivity (Wildman–Crippen MR) is 51.5 cm³/mol. The first-order valence-corrected chi connectivity index (χ1v) is 4.35. The maximum atomic E-state index is 2.25. The Kier molecular flexibility index (Phi) is 4.24. The van der Waals surface area contributed by atoms with Crippen LogP contribution in [0.2, 0.25) is 0 Å². The first-order chi connectivity index (χ1) is 4.95. The smallest absolute Gasteiger partial charge is 0.0224 e. The van der Waals surface area contributed by atoms with Crippen molar-refractivity contribution in [3.05, 3.63) is 11.8 Å². The molecule has 1 nitrogen and oxygen atoms in total. The molecular formula is C10H21N. The van der Waals surface area contributed by atoms with Crippen molar-refractivity contribution in [3.63, 3.8) is 0 Å². The van der Waals surface area contributed by atoms with Crippen molar-refractivity contribution in [1.29, 1.82) is 0 Å². The fourth-order valence-corrected chi connectivity index (χ4v) is 0.619. The molecular weight excluding hydrogens is 134 g/mol. The van der Waals surface area contributed by atoms with E-state index in [1.54, 1.807) is 0 Å². The third kappa shape index (κ3) is 4.07. The van der Waals surface area contributed by atoms with Gasteiger partial charge in [0.2, 0.25) is 0 Å². The second-order valence-corrected chi connectivity index (χ2v) is 3.79. The van der Waals surface area contributed by atoms with Crippen LogP contribution in [0.15, 0.2) is 11.8 Å². The lowest BCUT2D eigenvalue weighted by Gasteiger charge is -2.21. The zero-order valence-corrected chi connectivity index (χ0v) is 8.68. The van der Waals surface area contributed by atoms with Gasteiger partial charge in [0.05, 0.1) is 0 Å². The standard InChI is InChI=1S/C10H21N/c1-8(2)10(5)7-11(6)9(3)4/h7-9H,1-6H3/b10-7+. The first-order valence-electron chi connectivity index (χ1n) is 4.35. The molecule has 0 radical (unpaired) electrons. The van der Waals surface area contributed by atoms with Crippen LogP contribution in [-0.2, 0) is 0 Å². The summed E-state index contributed by atoms with van der Waals surface area (Å²) in [6.07, 6.45) is 2.23. The van der Waals surface area contributed by atoms with Gasteiger partial charge in [0.15, 0.2) is 0 Å². The lowest BCUT2D eigenvalue weighted by molar-refractivity contribution is 0.370. The summed E-state index contributed by atoms with van der Waals surface area (Å²) in [7, 11) is 2.12. The van der Waals surface area contributed by atoms with Gasteiger partial charge in [-0.1, -0.05) is 19.4 Å². The summed E-state index contributed by atoms with van der Waals surface area (Å²) < 4.78 is 0. The van der Waals surface area contributed by atoms with Crippen LogP contribution in [0.25, 0.3) is 0 Å². The second kappa shape index (κ2) is 4.42. The first kappa shape index (κ1) is 10.5. The van der Waals surface area contributed by atoms with E-state index in [2.05, 4.69) is 52.8 Å². The van der Waals surface area contributed by atoms with Crippen LogP contribution >= 0.6 is 0 Å². The third-order valence-corrected chi connectivity index (χ3v) is 2.13. The number of hydrogen-bond donors (Lipinski definition) is 0. The largest absolute Gasteiger partial charge is 0.378 e. The molecule has 0 N–H and O–H groups in total. The quantitative estimate of drug-likeness (QED) is 0.605. The minimum absolute atomic E-state index is 0.601. The van der Waals surface area contributed by atoms with Crippen LogP contribution < -0.4 is 0 Å². The van der Waals surface area contributed by atoms with Crippen molar-refractivity contribution >= 4 is 0 Å². The Morgan fingerprint density at radius 3 is 1.91 bits per heavy atom. The number of rotatable bonds is 3. The SMILES string of the molecule is C/C(=C\N(C)C(C)C)C(C)C. The molecule has 0 heterocycles. The third-order valence-electron chi connectivity index (χ3n) is 2.13. The molecule has 0 unspecified atom stereocenters. The Balaban J connectivity index is 4.07. The fourth-order valence-electron chi connectivity index (χ4n) is 0.619. The van der Waals surface area contributed by atoms with Gasteiger partial charge in [0, 0.05) is 13.1 Å². The highest BCUT2D eigenvalue weighted by Crippen LogP contribution is 2.09. The van der Waals surface area contributed by atoms with Gasteiger partial charge in [-0.15, -0.1) is 0 Å². The molecule has 1 heteroatoms. The van der Waals surface area contributed by atoms with Crippen molar-refractivity contribution in [1.82, 2.24) is 4.90 Å². The lowest BCUT2D eigenvalue weighted by Crippen LogP contribution is -2.20. The van der Waals surface area contributed by atoms with E-state index < -0.39 is 0 Å². The maximum absolute atomic E-state index is 2.25. The number of allylic oxidation sites excluding steroid dienone is 1. The van der Waals surface area contributed by atoms with Crippen molar-refractivity contribution in [3.8, 4) is 0 Å². The minimum Gasteiger partial charge on any atom is -0.378 e. The van der Waals surface area contributed by atoms with Crippen molar-refractivity contribution < 1.29 is 0 Å². The lowest BCUT2D eigenvalue weighted by atomic mass is 10.1. The average molecular weight is 155 g/mol. The van der Waals surface area contributed by atoms with E-state index in [0.29, 0.717) is 12.0 Å². The summed E-state index contributed by atoms with van der Waals surface area (Å²) in [5.41, 5.74) is 1.45. The molecule has 0 saturated carbocycles. The molecule has 0 spiro atoms.